The molecule has 0 saturated carbocycles. The molecule has 2 rings (SSSR count). The lowest BCUT2D eigenvalue weighted by molar-refractivity contribution is -0.118. The van der Waals surface area contributed by atoms with E-state index in [0.29, 0.717) is 5.75 Å². The average molecular weight is 403 g/mol. The normalized spacial score (nSPS) is 10.3. The number of anilines is 1. The summed E-state index contributed by atoms with van der Waals surface area (Å²) in [6, 6.07) is 9.33. The van der Waals surface area contributed by atoms with Gasteiger partial charge in [-0.25, -0.2) is 8.78 Å². The monoisotopic (exact) mass is 403 g/mol. The SMILES string of the molecule is Cc1ccc(OCC(=O)Nc2cc(F)c(I)c(F)c2)cc1. The highest BCUT2D eigenvalue weighted by atomic mass is 127. The van der Waals surface area contributed by atoms with Crippen LogP contribution in [0.15, 0.2) is 36.4 Å². The van der Waals surface area contributed by atoms with Crippen LogP contribution in [-0.2, 0) is 4.79 Å². The summed E-state index contributed by atoms with van der Waals surface area (Å²) in [5, 5.41) is 2.39. The second kappa shape index (κ2) is 6.84. The molecule has 3 nitrogen and oxygen atoms in total. The van der Waals surface area contributed by atoms with E-state index in [0.717, 1.165) is 17.7 Å². The molecule has 0 atom stereocenters. The largest absolute Gasteiger partial charge is 0.484 e. The number of halogens is 3. The van der Waals surface area contributed by atoms with E-state index in [9.17, 15) is 13.6 Å². The first-order valence-corrected chi connectivity index (χ1v) is 7.17. The van der Waals surface area contributed by atoms with Gasteiger partial charge in [-0.1, -0.05) is 17.7 Å². The Kier molecular flexibility index (Phi) is 5.11. The van der Waals surface area contributed by atoms with Gasteiger partial charge in [0, 0.05) is 5.69 Å². The molecular weight excluding hydrogens is 391 g/mol. The lowest BCUT2D eigenvalue weighted by Crippen LogP contribution is -2.20. The molecule has 0 aromatic heterocycles. The molecule has 110 valence electrons. The fourth-order valence-electron chi connectivity index (χ4n) is 1.61. The smallest absolute Gasteiger partial charge is 0.262 e. The molecule has 0 saturated heterocycles. The summed E-state index contributed by atoms with van der Waals surface area (Å²) in [6.07, 6.45) is 0. The maximum Gasteiger partial charge on any atom is 0.262 e. The van der Waals surface area contributed by atoms with Crippen LogP contribution in [0.3, 0.4) is 0 Å². The Hall–Kier alpha value is -1.70. The van der Waals surface area contributed by atoms with Crippen molar-refractivity contribution in [2.75, 3.05) is 11.9 Å². The number of nitrogens with one attached hydrogen (secondary N) is 1. The molecular formula is C15H12F2INO2. The molecule has 0 aliphatic rings. The molecule has 0 aliphatic carbocycles. The first-order valence-electron chi connectivity index (χ1n) is 6.09. The van der Waals surface area contributed by atoms with Crippen LogP contribution < -0.4 is 10.1 Å². The van der Waals surface area contributed by atoms with Gasteiger partial charge in [-0.2, -0.15) is 0 Å². The van der Waals surface area contributed by atoms with Crippen molar-refractivity contribution in [1.82, 2.24) is 0 Å². The van der Waals surface area contributed by atoms with Crippen LogP contribution in [0.1, 0.15) is 5.56 Å². The van der Waals surface area contributed by atoms with Crippen molar-refractivity contribution in [3.05, 3.63) is 57.2 Å². The first kappa shape index (κ1) is 15.7. The maximum absolute atomic E-state index is 13.3. The van der Waals surface area contributed by atoms with Crippen LogP contribution in [-0.4, -0.2) is 12.5 Å². The number of hydrogen-bond donors (Lipinski definition) is 1. The molecule has 0 heterocycles. The van der Waals surface area contributed by atoms with Crippen molar-refractivity contribution in [3.8, 4) is 5.75 Å². The number of carbonyl (C=O) groups excluding carboxylic acids is 1. The molecule has 6 heteroatoms. The Morgan fingerprint density at radius 2 is 1.76 bits per heavy atom. The Morgan fingerprint density at radius 1 is 1.19 bits per heavy atom. The summed E-state index contributed by atoms with van der Waals surface area (Å²) < 4.78 is 31.9. The number of amides is 1. The first-order chi connectivity index (χ1) is 9.95. The van der Waals surface area contributed by atoms with Crippen LogP contribution in [0.25, 0.3) is 0 Å². The summed E-state index contributed by atoms with van der Waals surface area (Å²) in [5.74, 6) is -1.37. The zero-order valence-electron chi connectivity index (χ0n) is 11.1. The van der Waals surface area contributed by atoms with Gasteiger partial charge in [0.05, 0.1) is 3.57 Å². The van der Waals surface area contributed by atoms with Crippen LogP contribution in [0.2, 0.25) is 0 Å². The zero-order chi connectivity index (χ0) is 15.4. The fourth-order valence-corrected chi connectivity index (χ4v) is 1.92. The van der Waals surface area contributed by atoms with E-state index in [-0.39, 0.29) is 15.9 Å². The third kappa shape index (κ3) is 4.38. The standard InChI is InChI=1S/C15H12F2INO2/c1-9-2-4-11(5-3-9)21-8-14(20)19-10-6-12(16)15(18)13(17)7-10/h2-7H,8H2,1H3,(H,19,20). The highest BCUT2D eigenvalue weighted by Gasteiger charge is 2.10. The van der Waals surface area contributed by atoms with Gasteiger partial charge in [-0.15, -0.1) is 0 Å². The zero-order valence-corrected chi connectivity index (χ0v) is 13.3. The van der Waals surface area contributed by atoms with Gasteiger partial charge in [0.2, 0.25) is 0 Å². The van der Waals surface area contributed by atoms with E-state index < -0.39 is 17.5 Å². The molecule has 0 bridgehead atoms. The Bertz CT molecular complexity index is 636. The number of ether oxygens (including phenoxy) is 1. The highest BCUT2D eigenvalue weighted by Crippen LogP contribution is 2.20. The number of carbonyl (C=O) groups is 1. The fraction of sp³-hybridized carbons (Fsp3) is 0.133. The molecule has 2 aromatic carbocycles. The second-order valence-electron chi connectivity index (χ2n) is 4.40. The molecule has 0 unspecified atom stereocenters. The number of rotatable bonds is 4. The van der Waals surface area contributed by atoms with E-state index in [1.165, 1.54) is 0 Å². The minimum Gasteiger partial charge on any atom is -0.484 e. The van der Waals surface area contributed by atoms with Crippen LogP contribution >= 0.6 is 22.6 Å². The van der Waals surface area contributed by atoms with Gasteiger partial charge in [0.1, 0.15) is 17.4 Å². The number of aryl methyl sites for hydroxylation is 1. The van der Waals surface area contributed by atoms with E-state index in [1.54, 1.807) is 34.7 Å². The van der Waals surface area contributed by atoms with Crippen LogP contribution in [0, 0.1) is 22.1 Å². The quantitative estimate of drug-likeness (QED) is 0.622. The molecule has 0 spiro atoms. The Morgan fingerprint density at radius 3 is 2.33 bits per heavy atom. The number of benzene rings is 2. The van der Waals surface area contributed by atoms with E-state index in [2.05, 4.69) is 5.32 Å². The van der Waals surface area contributed by atoms with Crippen molar-refractivity contribution < 1.29 is 18.3 Å². The third-order valence-corrected chi connectivity index (χ3v) is 3.69. The molecule has 0 fully saturated rings. The topological polar surface area (TPSA) is 38.3 Å². The predicted octanol–water partition coefficient (Wildman–Crippen LogP) is 3.90. The number of hydrogen-bond acceptors (Lipinski definition) is 2. The second-order valence-corrected chi connectivity index (χ2v) is 5.48. The molecule has 0 aliphatic heterocycles. The lowest BCUT2D eigenvalue weighted by Gasteiger charge is -2.08. The van der Waals surface area contributed by atoms with E-state index in [1.807, 2.05) is 19.1 Å². The minimum absolute atomic E-state index is 0.0583. The minimum atomic E-state index is -0.717. The molecule has 2 aromatic rings. The highest BCUT2D eigenvalue weighted by molar-refractivity contribution is 14.1. The molecule has 1 N–H and O–H groups in total. The van der Waals surface area contributed by atoms with Crippen molar-refractivity contribution in [1.29, 1.82) is 0 Å². The summed E-state index contributed by atoms with van der Waals surface area (Å²) in [7, 11) is 0. The lowest BCUT2D eigenvalue weighted by atomic mass is 10.2. The van der Waals surface area contributed by atoms with E-state index in [4.69, 9.17) is 4.74 Å². The van der Waals surface area contributed by atoms with Gasteiger partial charge in [-0.3, -0.25) is 4.79 Å². The van der Waals surface area contributed by atoms with Gasteiger partial charge in [0.15, 0.2) is 6.61 Å². The van der Waals surface area contributed by atoms with Crippen molar-refractivity contribution in [3.63, 3.8) is 0 Å². The predicted molar refractivity (Wildman–Crippen MR) is 84.4 cm³/mol. The molecule has 21 heavy (non-hydrogen) atoms. The van der Waals surface area contributed by atoms with Gasteiger partial charge in [-0.05, 0) is 53.8 Å². The maximum atomic E-state index is 13.3. The van der Waals surface area contributed by atoms with Gasteiger partial charge in [0.25, 0.3) is 5.91 Å². The van der Waals surface area contributed by atoms with E-state index >= 15 is 0 Å². The van der Waals surface area contributed by atoms with Crippen LogP contribution in [0.5, 0.6) is 5.75 Å². The molecule has 1 amide bonds. The van der Waals surface area contributed by atoms with Gasteiger partial charge < -0.3 is 10.1 Å². The Balaban J connectivity index is 1.94. The van der Waals surface area contributed by atoms with Crippen molar-refractivity contribution in [2.45, 2.75) is 6.92 Å². The summed E-state index contributed by atoms with van der Waals surface area (Å²) in [6.45, 7) is 1.70. The van der Waals surface area contributed by atoms with Crippen LogP contribution in [0.4, 0.5) is 14.5 Å². The summed E-state index contributed by atoms with van der Waals surface area (Å²) in [4.78, 5) is 11.7. The van der Waals surface area contributed by atoms with Gasteiger partial charge >= 0.3 is 0 Å². The van der Waals surface area contributed by atoms with Crippen molar-refractivity contribution >= 4 is 34.2 Å². The van der Waals surface area contributed by atoms with Crippen molar-refractivity contribution in [2.24, 2.45) is 0 Å². The average Bonchev–Trinajstić information content (AvgIpc) is 2.44. The Labute approximate surface area is 134 Å². The summed E-state index contributed by atoms with van der Waals surface area (Å²) in [5.41, 5.74) is 1.14. The third-order valence-electron chi connectivity index (χ3n) is 2.66. The molecule has 0 radical (unpaired) electrons. The summed E-state index contributed by atoms with van der Waals surface area (Å²) >= 11 is 1.56.